The van der Waals surface area contributed by atoms with Gasteiger partial charge in [0.15, 0.2) is 5.75 Å². The number of benzene rings is 2. The van der Waals surface area contributed by atoms with Crippen LogP contribution in [0.4, 0.5) is 15.8 Å². The number of hydrogen-bond donors (Lipinski definition) is 2. The van der Waals surface area contributed by atoms with Crippen molar-refractivity contribution in [2.45, 2.75) is 26.2 Å². The van der Waals surface area contributed by atoms with Gasteiger partial charge >= 0.3 is 6.08 Å². The largest absolute Gasteiger partial charge is 0.492 e. The maximum absolute atomic E-state index is 13.3. The number of amides is 1. The van der Waals surface area contributed by atoms with Crippen LogP contribution in [-0.4, -0.2) is 37.7 Å². The van der Waals surface area contributed by atoms with Crippen LogP contribution in [0.15, 0.2) is 42.6 Å². The van der Waals surface area contributed by atoms with Gasteiger partial charge in [0.25, 0.3) is 5.91 Å². The Labute approximate surface area is 207 Å². The van der Waals surface area contributed by atoms with Gasteiger partial charge < -0.3 is 14.8 Å². The highest BCUT2D eigenvalue weighted by molar-refractivity contribution is 7.92. The molecule has 0 bridgehead atoms. The number of carbonyl (C=O) groups is 1. The normalized spacial score (nSPS) is 11.6. The standard InChI is InChI=1S/C23H24ClFN4O5S/c1-23(2,3)14-11-16(20(33-4)17(12-14)29-35(5,31)32)27-21(30)13-6-7-15(24)18(10-13)34-19-8-9-26-22(25)28-19/h6-12,29H,1-5H3,(H,27,30). The number of hydrogen-bond acceptors (Lipinski definition) is 7. The van der Waals surface area contributed by atoms with Gasteiger partial charge in [-0.05, 0) is 41.3 Å². The molecule has 1 aromatic heterocycles. The van der Waals surface area contributed by atoms with Crippen LogP contribution < -0.4 is 19.5 Å². The topological polar surface area (TPSA) is 120 Å². The molecule has 3 aromatic rings. The fourth-order valence-electron chi connectivity index (χ4n) is 3.06. The summed E-state index contributed by atoms with van der Waals surface area (Å²) in [6.45, 7) is 5.84. The van der Waals surface area contributed by atoms with Gasteiger partial charge in [0.05, 0.1) is 29.8 Å². The van der Waals surface area contributed by atoms with Gasteiger partial charge in [-0.2, -0.15) is 9.37 Å². The van der Waals surface area contributed by atoms with Crippen LogP contribution in [-0.2, 0) is 15.4 Å². The number of methoxy groups -OCH3 is 1. The van der Waals surface area contributed by atoms with Crippen molar-refractivity contribution >= 4 is 38.9 Å². The molecule has 0 aliphatic rings. The Morgan fingerprint density at radius 2 is 1.80 bits per heavy atom. The molecule has 186 valence electrons. The molecule has 0 saturated heterocycles. The van der Waals surface area contributed by atoms with Crippen molar-refractivity contribution in [3.63, 3.8) is 0 Å². The monoisotopic (exact) mass is 522 g/mol. The van der Waals surface area contributed by atoms with Crippen LogP contribution >= 0.6 is 11.6 Å². The quantitative estimate of drug-likeness (QED) is 0.419. The second-order valence-electron chi connectivity index (χ2n) is 8.59. The first-order chi connectivity index (χ1) is 16.3. The molecule has 1 heterocycles. The molecule has 12 heteroatoms. The van der Waals surface area contributed by atoms with Crippen molar-refractivity contribution in [2.24, 2.45) is 0 Å². The van der Waals surface area contributed by atoms with Crippen molar-refractivity contribution in [1.29, 1.82) is 0 Å². The molecule has 0 saturated carbocycles. The van der Waals surface area contributed by atoms with E-state index in [9.17, 15) is 17.6 Å². The Balaban J connectivity index is 1.99. The lowest BCUT2D eigenvalue weighted by Crippen LogP contribution is -2.18. The number of halogens is 2. The molecule has 2 N–H and O–H groups in total. The second kappa shape index (κ2) is 10.0. The maximum atomic E-state index is 13.3. The number of nitrogens with one attached hydrogen (secondary N) is 2. The molecule has 1 amide bonds. The van der Waals surface area contributed by atoms with E-state index in [1.54, 1.807) is 12.1 Å². The van der Waals surface area contributed by atoms with E-state index >= 15 is 0 Å². The molecule has 0 spiro atoms. The number of anilines is 2. The Morgan fingerprint density at radius 1 is 1.11 bits per heavy atom. The van der Waals surface area contributed by atoms with E-state index in [-0.39, 0.29) is 44.8 Å². The van der Waals surface area contributed by atoms with Gasteiger partial charge in [-0.15, -0.1) is 0 Å². The smallest absolute Gasteiger partial charge is 0.311 e. The van der Waals surface area contributed by atoms with Gasteiger partial charge in [-0.1, -0.05) is 32.4 Å². The van der Waals surface area contributed by atoms with Crippen molar-refractivity contribution in [3.05, 3.63) is 64.8 Å². The van der Waals surface area contributed by atoms with Crippen LogP contribution in [0, 0.1) is 6.08 Å². The Hall–Kier alpha value is -3.44. The van der Waals surface area contributed by atoms with E-state index in [4.69, 9.17) is 21.1 Å². The summed E-state index contributed by atoms with van der Waals surface area (Å²) in [6, 6.07) is 8.99. The second-order valence-corrected chi connectivity index (χ2v) is 10.7. The lowest BCUT2D eigenvalue weighted by molar-refractivity contribution is 0.102. The summed E-state index contributed by atoms with van der Waals surface area (Å²) in [5, 5.41) is 2.93. The zero-order valence-corrected chi connectivity index (χ0v) is 21.2. The number of rotatable bonds is 7. The molecule has 0 atom stereocenters. The minimum Gasteiger partial charge on any atom is -0.492 e. The molecular weight excluding hydrogens is 499 g/mol. The van der Waals surface area contributed by atoms with E-state index in [1.807, 2.05) is 20.8 Å². The highest BCUT2D eigenvalue weighted by Crippen LogP contribution is 2.39. The first kappa shape index (κ1) is 26.2. The van der Waals surface area contributed by atoms with Crippen molar-refractivity contribution in [2.75, 3.05) is 23.4 Å². The summed E-state index contributed by atoms with van der Waals surface area (Å²) in [4.78, 5) is 20.0. The first-order valence-electron chi connectivity index (χ1n) is 10.2. The fraction of sp³-hybridized carbons (Fsp3) is 0.261. The molecule has 0 aliphatic carbocycles. The third-order valence-corrected chi connectivity index (χ3v) is 5.61. The highest BCUT2D eigenvalue weighted by atomic mass is 35.5. The van der Waals surface area contributed by atoms with Gasteiger partial charge in [-0.25, -0.2) is 13.4 Å². The number of ether oxygens (including phenoxy) is 2. The minimum absolute atomic E-state index is 0.0762. The van der Waals surface area contributed by atoms with Gasteiger partial charge in [0, 0.05) is 17.8 Å². The lowest BCUT2D eigenvalue weighted by Gasteiger charge is -2.24. The van der Waals surface area contributed by atoms with E-state index < -0.39 is 22.0 Å². The Kier molecular flexibility index (Phi) is 7.51. The molecule has 0 unspecified atom stereocenters. The first-order valence-corrected chi connectivity index (χ1v) is 12.5. The molecule has 35 heavy (non-hydrogen) atoms. The third-order valence-electron chi connectivity index (χ3n) is 4.71. The van der Waals surface area contributed by atoms with E-state index in [1.165, 1.54) is 37.6 Å². The summed E-state index contributed by atoms with van der Waals surface area (Å²) in [7, 11) is -2.26. The number of carbonyl (C=O) groups excluding carboxylic acids is 1. The zero-order chi connectivity index (χ0) is 26.0. The van der Waals surface area contributed by atoms with Crippen molar-refractivity contribution in [3.8, 4) is 17.4 Å². The fourth-order valence-corrected chi connectivity index (χ4v) is 3.76. The molecule has 0 fully saturated rings. The van der Waals surface area contributed by atoms with Gasteiger partial charge in [0.1, 0.15) is 5.75 Å². The summed E-state index contributed by atoms with van der Waals surface area (Å²) in [6.07, 6.45) is 1.23. The van der Waals surface area contributed by atoms with E-state index in [2.05, 4.69) is 20.0 Å². The SMILES string of the molecule is COc1c(NC(=O)c2ccc(Cl)c(Oc3ccnc(F)n3)c2)cc(C(C)(C)C)cc1NS(C)(=O)=O. The average Bonchev–Trinajstić information content (AvgIpc) is 2.73. The van der Waals surface area contributed by atoms with Gasteiger partial charge in [0.2, 0.25) is 15.9 Å². The Bertz CT molecular complexity index is 1380. The van der Waals surface area contributed by atoms with Crippen LogP contribution in [0.5, 0.6) is 17.4 Å². The average molecular weight is 523 g/mol. The summed E-state index contributed by atoms with van der Waals surface area (Å²) in [5.41, 5.74) is 0.994. The number of nitrogens with zero attached hydrogens (tertiary/aromatic N) is 2. The lowest BCUT2D eigenvalue weighted by atomic mass is 9.86. The third kappa shape index (κ3) is 6.80. The zero-order valence-electron chi connectivity index (χ0n) is 19.6. The van der Waals surface area contributed by atoms with Crippen LogP contribution in [0.1, 0.15) is 36.7 Å². The Morgan fingerprint density at radius 3 is 2.40 bits per heavy atom. The summed E-state index contributed by atoms with van der Waals surface area (Å²) in [5.74, 6) is -0.422. The summed E-state index contributed by atoms with van der Waals surface area (Å²) < 4.78 is 50.5. The van der Waals surface area contributed by atoms with Crippen LogP contribution in [0.25, 0.3) is 0 Å². The predicted molar refractivity (Wildman–Crippen MR) is 132 cm³/mol. The van der Waals surface area contributed by atoms with E-state index in [0.717, 1.165) is 11.8 Å². The van der Waals surface area contributed by atoms with E-state index in [0.29, 0.717) is 0 Å². The molecule has 0 aliphatic heterocycles. The molecular formula is C23H24ClFN4O5S. The van der Waals surface area contributed by atoms with Crippen LogP contribution in [0.3, 0.4) is 0 Å². The molecule has 9 nitrogen and oxygen atoms in total. The van der Waals surface area contributed by atoms with Crippen LogP contribution in [0.2, 0.25) is 5.02 Å². The maximum Gasteiger partial charge on any atom is 0.311 e. The van der Waals surface area contributed by atoms with Gasteiger partial charge in [-0.3, -0.25) is 9.52 Å². The predicted octanol–water partition coefficient (Wildman–Crippen LogP) is 4.99. The van der Waals surface area contributed by atoms with Crippen molar-refractivity contribution < 1.29 is 27.1 Å². The molecule has 0 radical (unpaired) electrons. The summed E-state index contributed by atoms with van der Waals surface area (Å²) >= 11 is 6.17. The molecule has 3 rings (SSSR count). The highest BCUT2D eigenvalue weighted by Gasteiger charge is 2.23. The van der Waals surface area contributed by atoms with Crippen molar-refractivity contribution in [1.82, 2.24) is 9.97 Å². The number of sulfonamides is 1. The number of aromatic nitrogens is 2. The minimum atomic E-state index is -3.62. The molecule has 2 aromatic carbocycles.